The second-order valence-electron chi connectivity index (χ2n) is 8.05. The summed E-state index contributed by atoms with van der Waals surface area (Å²) in [4.78, 5) is 42.8. The molecule has 170 valence electrons. The van der Waals surface area contributed by atoms with Gasteiger partial charge in [0.05, 0.1) is 14.2 Å². The number of nitrogens with zero attached hydrogens (tertiary/aromatic N) is 3. The van der Waals surface area contributed by atoms with Gasteiger partial charge in [0.1, 0.15) is 6.42 Å². The standard InChI is InChI=1S/C24H24N4O5/c1-14(2)15-9-11-16(12-10-15)20-22(30)25-21-17-7-5-6-8-18(17)26-24(23(31)33-4,28(21)27-20)13-19(29)32-3/h5-12,14,26H,13H2,1-4H3. The molecule has 0 radical (unpaired) electrons. The summed E-state index contributed by atoms with van der Waals surface area (Å²) in [5, 5.41) is 7.62. The number of fused-ring (bicyclic) bond motifs is 3. The topological polar surface area (TPSA) is 112 Å². The number of carbonyl (C=O) groups excluding carboxylic acids is 2. The Kier molecular flexibility index (Phi) is 5.71. The zero-order valence-corrected chi connectivity index (χ0v) is 18.8. The number of hydrogen-bond acceptors (Lipinski definition) is 8. The third-order valence-electron chi connectivity index (χ3n) is 5.68. The molecule has 2 aromatic carbocycles. The largest absolute Gasteiger partial charge is 0.469 e. The molecular formula is C24H24N4O5. The number of carbonyl (C=O) groups is 2. The van der Waals surface area contributed by atoms with Crippen molar-refractivity contribution in [1.29, 1.82) is 0 Å². The number of aromatic nitrogens is 3. The first-order chi connectivity index (χ1) is 15.8. The van der Waals surface area contributed by atoms with Crippen LogP contribution in [-0.2, 0) is 24.7 Å². The number of esters is 2. The van der Waals surface area contributed by atoms with Crippen LogP contribution >= 0.6 is 0 Å². The Bertz CT molecular complexity index is 1280. The van der Waals surface area contributed by atoms with Gasteiger partial charge < -0.3 is 14.8 Å². The van der Waals surface area contributed by atoms with E-state index in [-0.39, 0.29) is 11.5 Å². The number of benzene rings is 2. The molecule has 1 unspecified atom stereocenters. The van der Waals surface area contributed by atoms with Crippen molar-refractivity contribution < 1.29 is 19.1 Å². The molecular weight excluding hydrogens is 424 g/mol. The summed E-state index contributed by atoms with van der Waals surface area (Å²) in [5.74, 6) is -0.974. The minimum Gasteiger partial charge on any atom is -0.469 e. The Labute approximate surface area is 190 Å². The van der Waals surface area contributed by atoms with Crippen molar-refractivity contribution in [3.05, 3.63) is 64.4 Å². The molecule has 1 aliphatic rings. The molecule has 2 heterocycles. The maximum absolute atomic E-state index is 13.1. The van der Waals surface area contributed by atoms with Crippen LogP contribution in [0.1, 0.15) is 31.7 Å². The van der Waals surface area contributed by atoms with E-state index in [4.69, 9.17) is 9.47 Å². The Hall–Kier alpha value is -4.01. The lowest BCUT2D eigenvalue weighted by atomic mass is 9.99. The van der Waals surface area contributed by atoms with Crippen molar-refractivity contribution in [2.24, 2.45) is 0 Å². The van der Waals surface area contributed by atoms with Gasteiger partial charge in [-0.05, 0) is 23.6 Å². The van der Waals surface area contributed by atoms with E-state index in [1.807, 2.05) is 12.1 Å². The van der Waals surface area contributed by atoms with Gasteiger partial charge in [0.15, 0.2) is 11.5 Å². The Morgan fingerprint density at radius 3 is 2.39 bits per heavy atom. The first kappa shape index (κ1) is 22.2. The molecule has 4 rings (SSSR count). The van der Waals surface area contributed by atoms with Crippen molar-refractivity contribution >= 4 is 17.6 Å². The average Bonchev–Trinajstić information content (AvgIpc) is 2.83. The zero-order valence-electron chi connectivity index (χ0n) is 18.8. The van der Waals surface area contributed by atoms with Crippen molar-refractivity contribution in [3.63, 3.8) is 0 Å². The fourth-order valence-electron chi connectivity index (χ4n) is 3.88. The molecule has 3 aromatic rings. The van der Waals surface area contributed by atoms with Crippen LogP contribution in [0.2, 0.25) is 0 Å². The highest BCUT2D eigenvalue weighted by Crippen LogP contribution is 2.39. The van der Waals surface area contributed by atoms with Gasteiger partial charge in [0, 0.05) is 16.8 Å². The molecule has 1 N–H and O–H groups in total. The second-order valence-corrected chi connectivity index (χ2v) is 8.05. The number of ether oxygens (including phenoxy) is 2. The Morgan fingerprint density at radius 2 is 1.76 bits per heavy atom. The van der Waals surface area contributed by atoms with Gasteiger partial charge in [0.2, 0.25) is 5.66 Å². The van der Waals surface area contributed by atoms with Gasteiger partial charge in [-0.1, -0.05) is 50.2 Å². The Morgan fingerprint density at radius 1 is 1.06 bits per heavy atom. The molecule has 1 atom stereocenters. The first-order valence-corrected chi connectivity index (χ1v) is 10.5. The number of nitrogens with one attached hydrogen (secondary N) is 1. The molecule has 0 bridgehead atoms. The van der Waals surface area contributed by atoms with Crippen LogP contribution in [0.5, 0.6) is 0 Å². The predicted molar refractivity (Wildman–Crippen MR) is 121 cm³/mol. The number of anilines is 1. The van der Waals surface area contributed by atoms with Crippen LogP contribution in [0.25, 0.3) is 22.6 Å². The van der Waals surface area contributed by atoms with Crippen LogP contribution in [0.3, 0.4) is 0 Å². The molecule has 9 heteroatoms. The SMILES string of the molecule is COC(=O)CC1(C(=O)OC)Nc2ccccc2-c2nc(=O)c(-c3ccc(C(C)C)cc3)nn21. The number of rotatable bonds is 5. The molecule has 1 aliphatic heterocycles. The maximum atomic E-state index is 13.1. The number of hydrogen-bond donors (Lipinski definition) is 1. The molecule has 9 nitrogen and oxygen atoms in total. The minimum absolute atomic E-state index is 0.0494. The van der Waals surface area contributed by atoms with Crippen molar-refractivity contribution in [3.8, 4) is 22.6 Å². The van der Waals surface area contributed by atoms with Crippen LogP contribution in [-0.4, -0.2) is 40.9 Å². The van der Waals surface area contributed by atoms with Gasteiger partial charge in [-0.2, -0.15) is 10.1 Å². The van der Waals surface area contributed by atoms with E-state index in [9.17, 15) is 14.4 Å². The average molecular weight is 448 g/mol. The highest BCUT2D eigenvalue weighted by Gasteiger charge is 2.50. The lowest BCUT2D eigenvalue weighted by molar-refractivity contribution is -0.157. The van der Waals surface area contributed by atoms with Gasteiger partial charge in [-0.3, -0.25) is 9.59 Å². The quantitative estimate of drug-likeness (QED) is 0.593. The molecule has 0 aliphatic carbocycles. The molecule has 0 saturated carbocycles. The van der Waals surface area contributed by atoms with E-state index in [1.165, 1.54) is 18.9 Å². The van der Waals surface area contributed by atoms with Gasteiger partial charge in [-0.25, -0.2) is 9.48 Å². The predicted octanol–water partition coefficient (Wildman–Crippen LogP) is 2.91. The van der Waals surface area contributed by atoms with Crippen molar-refractivity contribution in [1.82, 2.24) is 14.8 Å². The van der Waals surface area contributed by atoms with Crippen molar-refractivity contribution in [2.45, 2.75) is 31.8 Å². The Balaban J connectivity index is 1.99. The van der Waals surface area contributed by atoms with E-state index < -0.39 is 29.6 Å². The summed E-state index contributed by atoms with van der Waals surface area (Å²) >= 11 is 0. The highest BCUT2D eigenvalue weighted by atomic mass is 16.5. The lowest BCUT2D eigenvalue weighted by Gasteiger charge is -2.38. The smallest absolute Gasteiger partial charge is 0.355 e. The summed E-state index contributed by atoms with van der Waals surface area (Å²) in [6.07, 6.45) is -0.430. The number of para-hydroxylation sites is 1. The molecule has 0 amide bonds. The normalized spacial score (nSPS) is 16.4. The van der Waals surface area contributed by atoms with E-state index in [2.05, 4.69) is 29.2 Å². The second kappa shape index (κ2) is 8.50. The van der Waals surface area contributed by atoms with E-state index in [1.54, 1.807) is 36.4 Å². The van der Waals surface area contributed by atoms with Gasteiger partial charge in [-0.15, -0.1) is 0 Å². The van der Waals surface area contributed by atoms with Crippen LogP contribution in [0.4, 0.5) is 5.69 Å². The minimum atomic E-state index is -1.79. The van der Waals surface area contributed by atoms with E-state index in [0.29, 0.717) is 22.7 Å². The summed E-state index contributed by atoms with van der Waals surface area (Å²) in [5.41, 5.74) is 0.430. The van der Waals surface area contributed by atoms with E-state index in [0.717, 1.165) is 5.56 Å². The lowest BCUT2D eigenvalue weighted by Crippen LogP contribution is -2.55. The molecule has 0 saturated heterocycles. The third-order valence-corrected chi connectivity index (χ3v) is 5.68. The fourth-order valence-corrected chi connectivity index (χ4v) is 3.88. The van der Waals surface area contributed by atoms with Crippen LogP contribution in [0.15, 0.2) is 53.3 Å². The van der Waals surface area contributed by atoms with Crippen LogP contribution in [0, 0.1) is 0 Å². The zero-order chi connectivity index (χ0) is 23.8. The number of methoxy groups -OCH3 is 2. The summed E-state index contributed by atoms with van der Waals surface area (Å²) in [6, 6.07) is 14.4. The highest BCUT2D eigenvalue weighted by molar-refractivity contribution is 5.92. The molecule has 0 fully saturated rings. The fraction of sp³-hybridized carbons (Fsp3) is 0.292. The van der Waals surface area contributed by atoms with Crippen molar-refractivity contribution in [2.75, 3.05) is 19.5 Å². The summed E-state index contributed by atoms with van der Waals surface area (Å²) < 4.78 is 11.1. The summed E-state index contributed by atoms with van der Waals surface area (Å²) in [7, 11) is 2.44. The van der Waals surface area contributed by atoms with E-state index >= 15 is 0 Å². The van der Waals surface area contributed by atoms with Gasteiger partial charge in [0.25, 0.3) is 5.56 Å². The van der Waals surface area contributed by atoms with Crippen LogP contribution < -0.4 is 10.9 Å². The molecule has 33 heavy (non-hydrogen) atoms. The molecule has 0 spiro atoms. The monoisotopic (exact) mass is 448 g/mol. The first-order valence-electron chi connectivity index (χ1n) is 10.5. The van der Waals surface area contributed by atoms with Gasteiger partial charge >= 0.3 is 11.9 Å². The maximum Gasteiger partial charge on any atom is 0.355 e. The third kappa shape index (κ3) is 3.75. The summed E-state index contributed by atoms with van der Waals surface area (Å²) in [6.45, 7) is 4.15. The molecule has 1 aromatic heterocycles.